The number of para-hydroxylation sites is 1. The van der Waals surface area contributed by atoms with Crippen molar-refractivity contribution in [2.24, 2.45) is 5.92 Å². The molecule has 1 aromatic carbocycles. The van der Waals surface area contributed by atoms with Crippen molar-refractivity contribution in [1.29, 1.82) is 5.26 Å². The van der Waals surface area contributed by atoms with Crippen LogP contribution in [0.4, 0.5) is 0 Å². The second kappa shape index (κ2) is 7.31. The molecule has 108 valence electrons. The van der Waals surface area contributed by atoms with E-state index >= 15 is 0 Å². The van der Waals surface area contributed by atoms with Gasteiger partial charge in [0, 0.05) is 12.6 Å². The van der Waals surface area contributed by atoms with Gasteiger partial charge in [-0.25, -0.2) is 0 Å². The Bertz CT molecular complexity index is 464. The number of hydrogen-bond donors (Lipinski definition) is 0. The third-order valence-corrected chi connectivity index (χ3v) is 4.04. The summed E-state index contributed by atoms with van der Waals surface area (Å²) >= 11 is 0. The Labute approximate surface area is 122 Å². The average molecular weight is 272 g/mol. The molecule has 2 rings (SSSR count). The predicted molar refractivity (Wildman–Crippen MR) is 80.7 cm³/mol. The van der Waals surface area contributed by atoms with Gasteiger partial charge in [0.2, 0.25) is 0 Å². The first-order valence-corrected chi connectivity index (χ1v) is 7.58. The topological polar surface area (TPSA) is 36.3 Å². The molecule has 1 aliphatic heterocycles. The maximum absolute atomic E-state index is 9.01. The molecule has 1 saturated heterocycles. The van der Waals surface area contributed by atoms with Crippen LogP contribution in [0.1, 0.15) is 38.7 Å². The lowest BCUT2D eigenvalue weighted by Crippen LogP contribution is -2.34. The van der Waals surface area contributed by atoms with E-state index in [9.17, 15) is 0 Å². The highest BCUT2D eigenvalue weighted by atomic mass is 16.5. The van der Waals surface area contributed by atoms with E-state index in [-0.39, 0.29) is 0 Å². The molecule has 0 spiro atoms. The van der Waals surface area contributed by atoms with E-state index in [0.717, 1.165) is 24.9 Å². The monoisotopic (exact) mass is 272 g/mol. The molecule has 1 unspecified atom stereocenters. The number of likely N-dealkylation sites (tertiary alicyclic amines) is 1. The van der Waals surface area contributed by atoms with Gasteiger partial charge < -0.3 is 9.64 Å². The van der Waals surface area contributed by atoms with E-state index in [1.807, 2.05) is 18.2 Å². The fraction of sp³-hybridized carbons (Fsp3) is 0.588. The summed E-state index contributed by atoms with van der Waals surface area (Å²) in [7, 11) is 0. The largest absolute Gasteiger partial charge is 0.492 e. The Morgan fingerprint density at radius 1 is 1.40 bits per heavy atom. The van der Waals surface area contributed by atoms with Crippen LogP contribution in [0.5, 0.6) is 5.75 Å². The quantitative estimate of drug-likeness (QED) is 0.744. The van der Waals surface area contributed by atoms with E-state index in [2.05, 4.69) is 24.8 Å². The third-order valence-electron chi connectivity index (χ3n) is 4.04. The fourth-order valence-electron chi connectivity index (χ4n) is 3.02. The third kappa shape index (κ3) is 3.74. The maximum atomic E-state index is 9.01. The minimum absolute atomic E-state index is 0.619. The van der Waals surface area contributed by atoms with Crippen LogP contribution in [-0.2, 0) is 0 Å². The molecule has 0 aromatic heterocycles. The van der Waals surface area contributed by atoms with E-state index in [1.54, 1.807) is 6.07 Å². The van der Waals surface area contributed by atoms with Gasteiger partial charge in [0.25, 0.3) is 0 Å². The first-order chi connectivity index (χ1) is 9.72. The summed E-state index contributed by atoms with van der Waals surface area (Å²) in [5, 5.41) is 9.01. The van der Waals surface area contributed by atoms with Crippen LogP contribution >= 0.6 is 0 Å². The highest BCUT2D eigenvalue weighted by Gasteiger charge is 2.26. The Morgan fingerprint density at radius 3 is 2.95 bits per heavy atom. The van der Waals surface area contributed by atoms with Gasteiger partial charge in [0.1, 0.15) is 11.8 Å². The van der Waals surface area contributed by atoms with Crippen molar-refractivity contribution in [3.05, 3.63) is 29.8 Å². The summed E-state index contributed by atoms with van der Waals surface area (Å²) < 4.78 is 5.73. The zero-order chi connectivity index (χ0) is 14.4. The van der Waals surface area contributed by atoms with E-state index in [0.29, 0.717) is 17.9 Å². The summed E-state index contributed by atoms with van der Waals surface area (Å²) in [4.78, 5) is 2.59. The molecule has 1 heterocycles. The van der Waals surface area contributed by atoms with Crippen molar-refractivity contribution in [1.82, 2.24) is 4.90 Å². The molecule has 0 saturated carbocycles. The lowest BCUT2D eigenvalue weighted by Gasteiger charge is -2.27. The number of nitriles is 1. The van der Waals surface area contributed by atoms with Crippen LogP contribution in [0.3, 0.4) is 0 Å². The zero-order valence-corrected chi connectivity index (χ0v) is 12.5. The minimum Gasteiger partial charge on any atom is -0.492 e. The van der Waals surface area contributed by atoms with Gasteiger partial charge in [0.15, 0.2) is 0 Å². The van der Waals surface area contributed by atoms with Crippen molar-refractivity contribution in [2.45, 2.75) is 39.2 Å². The van der Waals surface area contributed by atoms with Crippen LogP contribution in [-0.4, -0.2) is 30.6 Å². The van der Waals surface area contributed by atoms with E-state index in [1.165, 1.54) is 19.4 Å². The van der Waals surface area contributed by atoms with E-state index in [4.69, 9.17) is 10.00 Å². The molecule has 3 nitrogen and oxygen atoms in total. The lowest BCUT2D eigenvalue weighted by molar-refractivity contribution is 0.188. The summed E-state index contributed by atoms with van der Waals surface area (Å²) in [6, 6.07) is 10.3. The maximum Gasteiger partial charge on any atom is 0.137 e. The second-order valence-corrected chi connectivity index (χ2v) is 5.80. The van der Waals surface area contributed by atoms with Gasteiger partial charge in [-0.3, -0.25) is 0 Å². The first kappa shape index (κ1) is 14.9. The number of nitrogens with zero attached hydrogens (tertiary/aromatic N) is 2. The predicted octanol–water partition coefficient (Wildman–Crippen LogP) is 3.45. The lowest BCUT2D eigenvalue weighted by atomic mass is 10.0. The number of rotatable bonds is 6. The van der Waals surface area contributed by atoms with Gasteiger partial charge in [-0.1, -0.05) is 26.0 Å². The first-order valence-electron chi connectivity index (χ1n) is 7.58. The highest BCUT2D eigenvalue weighted by molar-refractivity contribution is 5.42. The van der Waals surface area contributed by atoms with Crippen LogP contribution in [0.2, 0.25) is 0 Å². The summed E-state index contributed by atoms with van der Waals surface area (Å²) in [5.41, 5.74) is 0.619. The van der Waals surface area contributed by atoms with Gasteiger partial charge >= 0.3 is 0 Å². The van der Waals surface area contributed by atoms with Gasteiger partial charge in [0.05, 0.1) is 12.2 Å². The number of hydrogen-bond acceptors (Lipinski definition) is 3. The smallest absolute Gasteiger partial charge is 0.137 e. The molecule has 0 aliphatic carbocycles. The Kier molecular flexibility index (Phi) is 5.43. The van der Waals surface area contributed by atoms with Gasteiger partial charge in [-0.15, -0.1) is 0 Å². The molecule has 1 aromatic rings. The molecule has 0 amide bonds. The van der Waals surface area contributed by atoms with Gasteiger partial charge in [-0.2, -0.15) is 5.26 Å². The number of ether oxygens (including phenoxy) is 1. The molecule has 0 radical (unpaired) electrons. The molecule has 1 atom stereocenters. The SMILES string of the molecule is CC(C)C1CCCN1CCCOc1ccccc1C#N. The molecule has 20 heavy (non-hydrogen) atoms. The van der Waals surface area contributed by atoms with Crippen LogP contribution in [0, 0.1) is 17.2 Å². The standard InChI is InChI=1S/C17H24N2O/c1-14(2)16-8-5-10-19(16)11-6-12-20-17-9-4-3-7-15(17)13-18/h3-4,7,9,14,16H,5-6,8,10-12H2,1-2H3. The fourth-order valence-corrected chi connectivity index (χ4v) is 3.02. The molecule has 1 fully saturated rings. The average Bonchev–Trinajstić information content (AvgIpc) is 2.92. The van der Waals surface area contributed by atoms with Crippen LogP contribution < -0.4 is 4.74 Å². The molecule has 0 bridgehead atoms. The molecular weight excluding hydrogens is 248 g/mol. The van der Waals surface area contributed by atoms with Crippen LogP contribution in [0.15, 0.2) is 24.3 Å². The summed E-state index contributed by atoms with van der Waals surface area (Å²) in [5.74, 6) is 1.44. The number of benzene rings is 1. The van der Waals surface area contributed by atoms with Crippen molar-refractivity contribution in [2.75, 3.05) is 19.7 Å². The zero-order valence-electron chi connectivity index (χ0n) is 12.5. The normalized spacial score (nSPS) is 19.2. The summed E-state index contributed by atoms with van der Waals surface area (Å²) in [6.45, 7) is 7.61. The van der Waals surface area contributed by atoms with Crippen molar-refractivity contribution < 1.29 is 4.74 Å². The highest BCUT2D eigenvalue weighted by Crippen LogP contribution is 2.23. The molecule has 0 N–H and O–H groups in total. The van der Waals surface area contributed by atoms with Crippen molar-refractivity contribution in [3.63, 3.8) is 0 Å². The van der Waals surface area contributed by atoms with E-state index < -0.39 is 0 Å². The van der Waals surface area contributed by atoms with Gasteiger partial charge in [-0.05, 0) is 43.9 Å². The molecular formula is C17H24N2O. The van der Waals surface area contributed by atoms with Crippen molar-refractivity contribution >= 4 is 0 Å². The van der Waals surface area contributed by atoms with Crippen LogP contribution in [0.25, 0.3) is 0 Å². The Morgan fingerprint density at radius 2 is 2.20 bits per heavy atom. The Hall–Kier alpha value is -1.53. The second-order valence-electron chi connectivity index (χ2n) is 5.80. The van der Waals surface area contributed by atoms with Crippen molar-refractivity contribution in [3.8, 4) is 11.8 Å². The molecule has 1 aliphatic rings. The minimum atomic E-state index is 0.619. The summed E-state index contributed by atoms with van der Waals surface area (Å²) in [6.07, 6.45) is 3.67. The molecule has 3 heteroatoms. The Balaban J connectivity index is 1.75.